The Kier molecular flexibility index (Phi) is 5.17. The third kappa shape index (κ3) is 3.41. The van der Waals surface area contributed by atoms with E-state index in [1.165, 1.54) is 8.70 Å². The summed E-state index contributed by atoms with van der Waals surface area (Å²) in [6, 6.07) is 21.5. The summed E-state index contributed by atoms with van der Waals surface area (Å²) in [6.07, 6.45) is 0. The first-order valence-corrected chi connectivity index (χ1v) is 6.42. The third-order valence-electron chi connectivity index (χ3n) is 1.84. The van der Waals surface area contributed by atoms with Crippen LogP contribution in [0.2, 0.25) is 0 Å². The van der Waals surface area contributed by atoms with Gasteiger partial charge in [-0.25, -0.2) is 0 Å². The summed E-state index contributed by atoms with van der Waals surface area (Å²) in [7, 11) is 0. The van der Waals surface area contributed by atoms with E-state index >= 15 is 0 Å². The minimum atomic E-state index is -0.108. The van der Waals surface area contributed by atoms with E-state index in [1.54, 1.807) is 0 Å². The molecular weight excluding hydrogens is 409 g/mol. The van der Waals surface area contributed by atoms with Crippen LogP contribution in [0.25, 0.3) is 0 Å². The van der Waals surface area contributed by atoms with Gasteiger partial charge in [0.2, 0.25) is 0 Å². The molecule has 0 spiro atoms. The van der Waals surface area contributed by atoms with E-state index in [-0.39, 0.29) is 35.5 Å². The molecule has 0 bridgehead atoms. The molecule has 0 aliphatic carbocycles. The van der Waals surface area contributed by atoms with E-state index in [1.807, 2.05) is 0 Å². The Morgan fingerprint density at radius 3 is 1.29 bits per heavy atom. The van der Waals surface area contributed by atoms with E-state index in [0.717, 1.165) is 0 Å². The second kappa shape index (κ2) is 6.18. The number of benzene rings is 2. The molecule has 2 rings (SSSR count). The predicted molar refractivity (Wildman–Crippen MR) is 59.3 cm³/mol. The topological polar surface area (TPSA) is 0 Å². The summed E-state index contributed by atoms with van der Waals surface area (Å²) in [5.41, 5.74) is 0. The first kappa shape index (κ1) is 11.7. The van der Waals surface area contributed by atoms with Gasteiger partial charge < -0.3 is 0 Å². The van der Waals surface area contributed by atoms with Crippen LogP contribution in [0.15, 0.2) is 60.7 Å². The molecule has 2 aromatic carbocycles. The second-order valence-corrected chi connectivity index (χ2v) is 5.80. The van der Waals surface area contributed by atoms with Crippen molar-refractivity contribution >= 4 is 24.5 Å². The van der Waals surface area contributed by atoms with Crippen LogP contribution in [0.4, 0.5) is 0 Å². The summed E-state index contributed by atoms with van der Waals surface area (Å²) in [6.45, 7) is 0. The van der Waals surface area contributed by atoms with Gasteiger partial charge in [0.25, 0.3) is 0 Å². The maximum absolute atomic E-state index is 2.22. The third-order valence-corrected chi connectivity index (χ3v) is 4.45. The Balaban J connectivity index is 0.000000980. The van der Waals surface area contributed by atoms with Crippen LogP contribution < -0.4 is 8.70 Å². The van der Waals surface area contributed by atoms with Crippen LogP contribution in [-0.4, -0.2) is 15.8 Å². The molecule has 0 fully saturated rings. The van der Waals surface area contributed by atoms with Crippen molar-refractivity contribution in [2.24, 2.45) is 0 Å². The number of hydrogen-bond donors (Lipinski definition) is 0. The van der Waals surface area contributed by atoms with E-state index < -0.39 is 0 Å². The monoisotopic (exact) mass is 422 g/mol. The van der Waals surface area contributed by atoms with Gasteiger partial charge in [-0.15, -0.1) is 0 Å². The fourth-order valence-electron chi connectivity index (χ4n) is 1.21. The SMILES string of the molecule is [Os+2].c1ccc([AsH]c2ccccc2)cc1. The molecule has 70 valence electrons. The summed E-state index contributed by atoms with van der Waals surface area (Å²) in [4.78, 5) is 0. The van der Waals surface area contributed by atoms with E-state index in [9.17, 15) is 0 Å². The van der Waals surface area contributed by atoms with Crippen molar-refractivity contribution in [2.45, 2.75) is 0 Å². The van der Waals surface area contributed by atoms with Gasteiger partial charge in [0.05, 0.1) is 0 Å². The molecule has 0 radical (unpaired) electrons. The summed E-state index contributed by atoms with van der Waals surface area (Å²) in [5, 5.41) is 0. The zero-order valence-corrected chi connectivity index (χ0v) is 12.3. The number of rotatable bonds is 2. The van der Waals surface area contributed by atoms with Crippen LogP contribution in [0, 0.1) is 0 Å². The van der Waals surface area contributed by atoms with Crippen LogP contribution in [-0.2, 0) is 19.8 Å². The summed E-state index contributed by atoms with van der Waals surface area (Å²) >= 11 is -0.108. The molecule has 0 heterocycles. The van der Waals surface area contributed by atoms with Gasteiger partial charge in [0.1, 0.15) is 0 Å². The van der Waals surface area contributed by atoms with Crippen molar-refractivity contribution in [2.75, 3.05) is 0 Å². The molecule has 0 unspecified atom stereocenters. The quantitative estimate of drug-likeness (QED) is 0.638. The summed E-state index contributed by atoms with van der Waals surface area (Å²) in [5.74, 6) is 0. The van der Waals surface area contributed by atoms with Crippen LogP contribution in [0.1, 0.15) is 0 Å². The van der Waals surface area contributed by atoms with E-state index in [4.69, 9.17) is 0 Å². The average molecular weight is 420 g/mol. The van der Waals surface area contributed by atoms with E-state index in [0.29, 0.717) is 0 Å². The summed E-state index contributed by atoms with van der Waals surface area (Å²) < 4.78 is 2.99. The molecule has 0 saturated carbocycles. The van der Waals surface area contributed by atoms with Gasteiger partial charge in [-0.1, -0.05) is 0 Å². The average Bonchev–Trinajstić information content (AvgIpc) is 2.21. The maximum atomic E-state index is 2.22. The van der Waals surface area contributed by atoms with Crippen LogP contribution in [0.3, 0.4) is 0 Å². The Labute approximate surface area is 104 Å². The van der Waals surface area contributed by atoms with Crippen molar-refractivity contribution in [3.05, 3.63) is 60.7 Å². The molecule has 0 saturated heterocycles. The zero-order chi connectivity index (χ0) is 8.93. The Morgan fingerprint density at radius 1 is 0.571 bits per heavy atom. The van der Waals surface area contributed by atoms with Gasteiger partial charge in [-0.2, -0.15) is 0 Å². The normalized spacial score (nSPS) is 9.14. The Morgan fingerprint density at radius 2 is 0.929 bits per heavy atom. The molecule has 0 aliphatic heterocycles. The predicted octanol–water partition coefficient (Wildman–Crippen LogP) is 1.07. The van der Waals surface area contributed by atoms with Gasteiger partial charge >= 0.3 is 105 Å². The molecule has 0 atom stereocenters. The molecular formula is C12H11AsOs+2. The van der Waals surface area contributed by atoms with Gasteiger partial charge in [-0.3, -0.25) is 0 Å². The fraction of sp³-hybridized carbons (Fsp3) is 0. The molecule has 2 heteroatoms. The second-order valence-electron chi connectivity index (χ2n) is 2.86. The molecule has 0 aromatic heterocycles. The van der Waals surface area contributed by atoms with Gasteiger partial charge in [0.15, 0.2) is 0 Å². The first-order chi connectivity index (χ1) is 6.45. The molecule has 0 amide bonds. The molecule has 0 N–H and O–H groups in total. The van der Waals surface area contributed by atoms with Crippen molar-refractivity contribution in [3.63, 3.8) is 0 Å². The van der Waals surface area contributed by atoms with Gasteiger partial charge in [0, 0.05) is 0 Å². The van der Waals surface area contributed by atoms with Crippen molar-refractivity contribution in [3.8, 4) is 0 Å². The molecule has 0 aliphatic rings. The zero-order valence-electron chi connectivity index (χ0n) is 7.63. The van der Waals surface area contributed by atoms with Crippen molar-refractivity contribution in [1.29, 1.82) is 0 Å². The number of hydrogen-bond acceptors (Lipinski definition) is 0. The van der Waals surface area contributed by atoms with Gasteiger partial charge in [-0.05, 0) is 0 Å². The fourth-order valence-corrected chi connectivity index (χ4v) is 3.42. The Bertz CT molecular complexity index is 321. The van der Waals surface area contributed by atoms with Crippen molar-refractivity contribution < 1.29 is 19.8 Å². The standard InChI is InChI=1S/C12H11As.Os/c1-3-7-11(8-4-1)13-12-9-5-2-6-10-12;/h1-10,13H;/q;+2. The van der Waals surface area contributed by atoms with E-state index in [2.05, 4.69) is 60.7 Å². The first-order valence-electron chi connectivity index (χ1n) is 4.32. The molecule has 0 nitrogen and oxygen atoms in total. The Hall–Kier alpha value is -0.365. The molecule has 14 heavy (non-hydrogen) atoms. The van der Waals surface area contributed by atoms with Crippen LogP contribution >= 0.6 is 0 Å². The van der Waals surface area contributed by atoms with Crippen molar-refractivity contribution in [1.82, 2.24) is 0 Å². The molecule has 2 aromatic rings. The minimum absolute atomic E-state index is 0. The van der Waals surface area contributed by atoms with Crippen LogP contribution in [0.5, 0.6) is 0 Å².